The molecular formula is C29H31N3O4. The second kappa shape index (κ2) is 10.6. The van der Waals surface area contributed by atoms with Gasteiger partial charge in [-0.05, 0) is 47.5 Å². The lowest BCUT2D eigenvalue weighted by Gasteiger charge is -2.26. The first-order chi connectivity index (χ1) is 17.3. The number of carbonyl (C=O) groups is 2. The van der Waals surface area contributed by atoms with E-state index in [4.69, 9.17) is 9.47 Å². The monoisotopic (exact) mass is 485 g/mol. The molecule has 1 heterocycles. The first-order valence-electron chi connectivity index (χ1n) is 11.8. The summed E-state index contributed by atoms with van der Waals surface area (Å²) in [7, 11) is 3.08. The Labute approximate surface area is 210 Å². The third kappa shape index (κ3) is 5.51. The van der Waals surface area contributed by atoms with Crippen LogP contribution in [0.2, 0.25) is 0 Å². The minimum atomic E-state index is -0.290. The Morgan fingerprint density at radius 3 is 2.36 bits per heavy atom. The number of amides is 2. The molecule has 1 aromatic heterocycles. The highest BCUT2D eigenvalue weighted by molar-refractivity contribution is 6.04. The SMILES string of the molecule is COc1ccc(C(=O)Nc2ccc(C(C)(C)CNC(=O)Cc3c[nH]c4ccccc34)cc2)cc1OC. The highest BCUT2D eigenvalue weighted by Gasteiger charge is 2.22. The standard InChI is InChI=1S/C29H31N3O4/c1-29(2,18-31-27(33)16-20-17-30-24-8-6-5-7-23(20)24)21-10-12-22(13-11-21)32-28(34)19-9-14-25(35-3)26(15-19)36-4/h5-15,17,30H,16,18H2,1-4H3,(H,31,33)(H,32,34). The van der Waals surface area contributed by atoms with Crippen LogP contribution in [0.4, 0.5) is 5.69 Å². The van der Waals surface area contributed by atoms with Crippen LogP contribution in [0.3, 0.4) is 0 Å². The molecule has 0 spiro atoms. The number of aromatic amines is 1. The molecule has 36 heavy (non-hydrogen) atoms. The summed E-state index contributed by atoms with van der Waals surface area (Å²) >= 11 is 0. The number of anilines is 1. The van der Waals surface area contributed by atoms with Crippen molar-refractivity contribution in [2.45, 2.75) is 25.7 Å². The zero-order valence-corrected chi connectivity index (χ0v) is 21.0. The molecule has 0 saturated heterocycles. The van der Waals surface area contributed by atoms with E-state index in [1.165, 1.54) is 7.11 Å². The number of benzene rings is 3. The van der Waals surface area contributed by atoms with Crippen molar-refractivity contribution < 1.29 is 19.1 Å². The Morgan fingerprint density at radius 1 is 0.917 bits per heavy atom. The van der Waals surface area contributed by atoms with Gasteiger partial charge in [0.05, 0.1) is 20.6 Å². The van der Waals surface area contributed by atoms with Crippen LogP contribution >= 0.6 is 0 Å². The van der Waals surface area contributed by atoms with E-state index in [-0.39, 0.29) is 17.2 Å². The van der Waals surface area contributed by atoms with E-state index in [9.17, 15) is 9.59 Å². The van der Waals surface area contributed by atoms with Crippen LogP contribution in [0.15, 0.2) is 72.9 Å². The predicted octanol–water partition coefficient (Wildman–Crippen LogP) is 5.07. The second-order valence-electron chi connectivity index (χ2n) is 9.30. The molecule has 4 rings (SSSR count). The Kier molecular flexibility index (Phi) is 7.29. The lowest BCUT2D eigenvalue weighted by molar-refractivity contribution is -0.120. The minimum Gasteiger partial charge on any atom is -0.493 e. The van der Waals surface area contributed by atoms with Crippen molar-refractivity contribution in [3.63, 3.8) is 0 Å². The molecule has 7 nitrogen and oxygen atoms in total. The first kappa shape index (κ1) is 24.9. The zero-order chi connectivity index (χ0) is 25.7. The van der Waals surface area contributed by atoms with Gasteiger partial charge in [-0.15, -0.1) is 0 Å². The van der Waals surface area contributed by atoms with Gasteiger partial charge in [0.15, 0.2) is 11.5 Å². The third-order valence-corrected chi connectivity index (χ3v) is 6.32. The molecule has 0 aliphatic heterocycles. The smallest absolute Gasteiger partial charge is 0.255 e. The Bertz CT molecular complexity index is 1370. The molecule has 3 N–H and O–H groups in total. The number of ether oxygens (including phenoxy) is 2. The fraction of sp³-hybridized carbons (Fsp3) is 0.241. The number of hydrogen-bond acceptors (Lipinski definition) is 4. The highest BCUT2D eigenvalue weighted by Crippen LogP contribution is 2.28. The van der Waals surface area contributed by atoms with Crippen molar-refractivity contribution in [3.05, 3.63) is 89.6 Å². The average molecular weight is 486 g/mol. The van der Waals surface area contributed by atoms with Crippen LogP contribution in [0.25, 0.3) is 10.9 Å². The lowest BCUT2D eigenvalue weighted by Crippen LogP contribution is -2.37. The molecule has 0 radical (unpaired) electrons. The number of nitrogens with one attached hydrogen (secondary N) is 3. The van der Waals surface area contributed by atoms with Gasteiger partial charge in [0.1, 0.15) is 0 Å². The molecule has 186 valence electrons. The largest absolute Gasteiger partial charge is 0.493 e. The number of rotatable bonds is 9. The Balaban J connectivity index is 1.35. The van der Waals surface area contributed by atoms with Crippen LogP contribution in [-0.4, -0.2) is 37.6 Å². The summed E-state index contributed by atoms with van der Waals surface area (Å²) in [4.78, 5) is 28.5. The van der Waals surface area contributed by atoms with Gasteiger partial charge in [0.25, 0.3) is 5.91 Å². The fourth-order valence-corrected chi connectivity index (χ4v) is 4.12. The van der Waals surface area contributed by atoms with Gasteiger partial charge >= 0.3 is 0 Å². The summed E-state index contributed by atoms with van der Waals surface area (Å²) in [6, 6.07) is 20.7. The average Bonchev–Trinajstić information content (AvgIpc) is 3.30. The number of hydrogen-bond donors (Lipinski definition) is 3. The number of aromatic nitrogens is 1. The molecular weight excluding hydrogens is 454 g/mol. The molecule has 0 saturated carbocycles. The molecule has 0 aliphatic carbocycles. The summed E-state index contributed by atoms with van der Waals surface area (Å²) in [5, 5.41) is 7.04. The topological polar surface area (TPSA) is 92.5 Å². The fourth-order valence-electron chi connectivity index (χ4n) is 4.12. The molecule has 0 aliphatic rings. The summed E-state index contributed by atoms with van der Waals surface area (Å²) in [5.41, 5.74) is 3.92. The van der Waals surface area contributed by atoms with Crippen molar-refractivity contribution in [1.29, 1.82) is 0 Å². The van der Waals surface area contributed by atoms with E-state index in [2.05, 4.69) is 29.5 Å². The quantitative estimate of drug-likeness (QED) is 0.309. The zero-order valence-electron chi connectivity index (χ0n) is 21.0. The van der Waals surface area contributed by atoms with Crippen molar-refractivity contribution in [1.82, 2.24) is 10.3 Å². The maximum Gasteiger partial charge on any atom is 0.255 e. The first-order valence-corrected chi connectivity index (χ1v) is 11.8. The Morgan fingerprint density at radius 2 is 1.64 bits per heavy atom. The van der Waals surface area contributed by atoms with E-state index in [1.807, 2.05) is 54.7 Å². The lowest BCUT2D eigenvalue weighted by atomic mass is 9.84. The molecule has 7 heteroatoms. The molecule has 0 bridgehead atoms. The van der Waals surface area contributed by atoms with Crippen molar-refractivity contribution in [2.75, 3.05) is 26.1 Å². The van der Waals surface area contributed by atoms with Crippen LogP contribution in [-0.2, 0) is 16.6 Å². The molecule has 2 amide bonds. The van der Waals surface area contributed by atoms with E-state index in [0.717, 1.165) is 22.0 Å². The number of carbonyl (C=O) groups excluding carboxylic acids is 2. The van der Waals surface area contributed by atoms with Gasteiger partial charge in [-0.2, -0.15) is 0 Å². The Hall–Kier alpha value is -4.26. The number of para-hydroxylation sites is 1. The maximum absolute atomic E-state index is 12.7. The molecule has 3 aromatic carbocycles. The van der Waals surface area contributed by atoms with Gasteiger partial charge in [0.2, 0.25) is 5.91 Å². The van der Waals surface area contributed by atoms with Gasteiger partial charge in [0, 0.05) is 40.3 Å². The van der Waals surface area contributed by atoms with Gasteiger partial charge in [-0.25, -0.2) is 0 Å². The van der Waals surface area contributed by atoms with Gasteiger partial charge < -0.3 is 25.1 Å². The molecule has 0 fully saturated rings. The summed E-state index contributed by atoms with van der Waals surface area (Å²) < 4.78 is 10.5. The van der Waals surface area contributed by atoms with E-state index in [1.54, 1.807) is 25.3 Å². The second-order valence-corrected chi connectivity index (χ2v) is 9.30. The van der Waals surface area contributed by atoms with Crippen LogP contribution < -0.4 is 20.1 Å². The minimum absolute atomic E-state index is 0.0216. The summed E-state index contributed by atoms with van der Waals surface area (Å²) in [6.07, 6.45) is 2.21. The molecule has 0 atom stereocenters. The highest BCUT2D eigenvalue weighted by atomic mass is 16.5. The normalized spacial score (nSPS) is 11.2. The van der Waals surface area contributed by atoms with Gasteiger partial charge in [-0.1, -0.05) is 44.2 Å². The number of H-pyrrole nitrogens is 1. The van der Waals surface area contributed by atoms with Gasteiger partial charge in [-0.3, -0.25) is 9.59 Å². The van der Waals surface area contributed by atoms with E-state index >= 15 is 0 Å². The molecule has 4 aromatic rings. The summed E-state index contributed by atoms with van der Waals surface area (Å²) in [6.45, 7) is 4.65. The van der Waals surface area contributed by atoms with Crippen LogP contribution in [0.5, 0.6) is 11.5 Å². The van der Waals surface area contributed by atoms with Crippen molar-refractivity contribution >= 4 is 28.4 Å². The maximum atomic E-state index is 12.7. The number of fused-ring (bicyclic) bond motifs is 1. The predicted molar refractivity (Wildman–Crippen MR) is 142 cm³/mol. The summed E-state index contributed by atoms with van der Waals surface area (Å²) in [5.74, 6) is 0.794. The van der Waals surface area contributed by atoms with Crippen LogP contribution in [0.1, 0.15) is 35.3 Å². The molecule has 0 unspecified atom stereocenters. The van der Waals surface area contributed by atoms with E-state index in [0.29, 0.717) is 35.7 Å². The third-order valence-electron chi connectivity index (χ3n) is 6.32. The van der Waals surface area contributed by atoms with Crippen molar-refractivity contribution in [2.24, 2.45) is 0 Å². The van der Waals surface area contributed by atoms with Crippen LogP contribution in [0, 0.1) is 0 Å². The van der Waals surface area contributed by atoms with Crippen molar-refractivity contribution in [3.8, 4) is 11.5 Å². The number of methoxy groups -OCH3 is 2. The van der Waals surface area contributed by atoms with E-state index < -0.39 is 0 Å².